The second kappa shape index (κ2) is 9.39. The summed E-state index contributed by atoms with van der Waals surface area (Å²) in [5.74, 6) is 0.152. The molecule has 0 fully saturated rings. The summed E-state index contributed by atoms with van der Waals surface area (Å²) in [6.45, 7) is 1.94. The van der Waals surface area contributed by atoms with Crippen LogP contribution in [-0.2, 0) is 14.3 Å². The van der Waals surface area contributed by atoms with Gasteiger partial charge in [-0.15, -0.1) is 0 Å². The predicted molar refractivity (Wildman–Crippen MR) is 102 cm³/mol. The molecule has 0 unspecified atom stereocenters. The smallest absolute Gasteiger partial charge is 0.250 e. The van der Waals surface area contributed by atoms with E-state index in [2.05, 4.69) is 10.6 Å². The van der Waals surface area contributed by atoms with Gasteiger partial charge in [-0.3, -0.25) is 9.59 Å². The Balaban J connectivity index is 2.04. The first kappa shape index (κ1) is 19.2. The number of carbonyl (C=O) groups is 2. The van der Waals surface area contributed by atoms with Crippen LogP contribution in [0.1, 0.15) is 11.1 Å². The van der Waals surface area contributed by atoms with Crippen molar-refractivity contribution >= 4 is 29.3 Å². The van der Waals surface area contributed by atoms with Crippen LogP contribution in [0.2, 0.25) is 0 Å². The molecule has 2 amide bonds. The maximum absolute atomic E-state index is 12.2. The highest BCUT2D eigenvalue weighted by atomic mass is 16.5. The molecule has 2 aromatic carbocycles. The topological polar surface area (TPSA) is 76.7 Å². The molecular formula is C20H22N2O4. The van der Waals surface area contributed by atoms with Gasteiger partial charge >= 0.3 is 0 Å². The molecule has 0 saturated heterocycles. The first-order chi connectivity index (χ1) is 12.5. The van der Waals surface area contributed by atoms with E-state index in [4.69, 9.17) is 9.47 Å². The number of rotatable bonds is 7. The Labute approximate surface area is 152 Å². The van der Waals surface area contributed by atoms with Crippen LogP contribution in [0.15, 0.2) is 48.5 Å². The molecule has 136 valence electrons. The number of nitrogens with one attached hydrogen (secondary N) is 2. The molecule has 0 aliphatic carbocycles. The highest BCUT2D eigenvalue weighted by Gasteiger charge is 2.04. The first-order valence-electron chi connectivity index (χ1n) is 8.04. The van der Waals surface area contributed by atoms with Gasteiger partial charge in [0, 0.05) is 30.1 Å². The standard InChI is InChI=1S/C20H22N2O4/c1-14-7-9-18(26-3)15(11-14)8-10-19(23)21-16-5-4-6-17(12-16)22-20(24)13-25-2/h4-12H,13H2,1-3H3,(H,21,23)(H,22,24)/b10-8+. The molecule has 0 atom stereocenters. The second-order valence-corrected chi connectivity index (χ2v) is 5.63. The number of benzene rings is 2. The fourth-order valence-electron chi connectivity index (χ4n) is 2.34. The van der Waals surface area contributed by atoms with E-state index in [-0.39, 0.29) is 18.4 Å². The van der Waals surface area contributed by atoms with Crippen molar-refractivity contribution in [2.45, 2.75) is 6.92 Å². The van der Waals surface area contributed by atoms with Crippen LogP contribution in [-0.4, -0.2) is 32.6 Å². The molecular weight excluding hydrogens is 332 g/mol. The van der Waals surface area contributed by atoms with Gasteiger partial charge in [0.25, 0.3) is 0 Å². The van der Waals surface area contributed by atoms with Gasteiger partial charge in [0.2, 0.25) is 11.8 Å². The lowest BCUT2D eigenvalue weighted by atomic mass is 10.1. The van der Waals surface area contributed by atoms with Crippen molar-refractivity contribution in [3.05, 3.63) is 59.7 Å². The van der Waals surface area contributed by atoms with E-state index in [1.807, 2.05) is 25.1 Å². The Bertz CT molecular complexity index is 815. The number of amides is 2. The third-order valence-electron chi connectivity index (χ3n) is 3.49. The summed E-state index contributed by atoms with van der Waals surface area (Å²) < 4.78 is 10.1. The highest BCUT2D eigenvalue weighted by Crippen LogP contribution is 2.21. The minimum absolute atomic E-state index is 0.0301. The minimum Gasteiger partial charge on any atom is -0.496 e. The zero-order valence-electron chi connectivity index (χ0n) is 15.0. The molecule has 0 radical (unpaired) electrons. The van der Waals surface area contributed by atoms with Crippen molar-refractivity contribution in [3.63, 3.8) is 0 Å². The van der Waals surface area contributed by atoms with Crippen molar-refractivity contribution < 1.29 is 19.1 Å². The van der Waals surface area contributed by atoms with Gasteiger partial charge in [0.1, 0.15) is 12.4 Å². The van der Waals surface area contributed by atoms with Gasteiger partial charge in [-0.2, -0.15) is 0 Å². The number of ether oxygens (including phenoxy) is 2. The van der Waals surface area contributed by atoms with Crippen molar-refractivity contribution in [2.24, 2.45) is 0 Å². The van der Waals surface area contributed by atoms with E-state index in [0.29, 0.717) is 17.1 Å². The molecule has 0 aromatic heterocycles. The molecule has 0 heterocycles. The average Bonchev–Trinajstić information content (AvgIpc) is 2.60. The summed E-state index contributed by atoms with van der Waals surface area (Å²) in [5, 5.41) is 5.45. The normalized spacial score (nSPS) is 10.6. The second-order valence-electron chi connectivity index (χ2n) is 5.63. The Morgan fingerprint density at radius 2 is 1.77 bits per heavy atom. The van der Waals surface area contributed by atoms with Gasteiger partial charge in [-0.25, -0.2) is 0 Å². The van der Waals surface area contributed by atoms with Gasteiger partial charge in [0.05, 0.1) is 7.11 Å². The van der Waals surface area contributed by atoms with Gasteiger partial charge in [0.15, 0.2) is 0 Å². The van der Waals surface area contributed by atoms with Crippen molar-refractivity contribution in [3.8, 4) is 5.75 Å². The Kier molecular flexibility index (Phi) is 6.93. The molecule has 0 spiro atoms. The zero-order chi connectivity index (χ0) is 18.9. The molecule has 26 heavy (non-hydrogen) atoms. The summed E-state index contributed by atoms with van der Waals surface area (Å²) >= 11 is 0. The molecule has 6 heteroatoms. The first-order valence-corrected chi connectivity index (χ1v) is 8.04. The van der Waals surface area contributed by atoms with Crippen LogP contribution in [0.3, 0.4) is 0 Å². The molecule has 2 N–H and O–H groups in total. The minimum atomic E-state index is -0.283. The van der Waals surface area contributed by atoms with Crippen LogP contribution < -0.4 is 15.4 Å². The monoisotopic (exact) mass is 354 g/mol. The summed E-state index contributed by atoms with van der Waals surface area (Å²) in [4.78, 5) is 23.7. The van der Waals surface area contributed by atoms with Gasteiger partial charge in [-0.1, -0.05) is 17.7 Å². The van der Waals surface area contributed by atoms with Crippen LogP contribution in [0, 0.1) is 6.92 Å². The van der Waals surface area contributed by atoms with E-state index in [1.54, 1.807) is 37.5 Å². The summed E-state index contributed by atoms with van der Waals surface area (Å²) in [5.41, 5.74) is 3.05. The average molecular weight is 354 g/mol. The van der Waals surface area contributed by atoms with Crippen molar-refractivity contribution in [2.75, 3.05) is 31.5 Å². The number of aryl methyl sites for hydroxylation is 1. The number of anilines is 2. The quantitative estimate of drug-likeness (QED) is 0.749. The van der Waals surface area contributed by atoms with Crippen LogP contribution in [0.25, 0.3) is 6.08 Å². The molecule has 2 rings (SSSR count). The Morgan fingerprint density at radius 3 is 2.46 bits per heavy atom. The largest absolute Gasteiger partial charge is 0.496 e. The lowest BCUT2D eigenvalue weighted by Crippen LogP contribution is -2.17. The molecule has 0 aliphatic rings. The summed E-state index contributed by atoms with van der Waals surface area (Å²) in [6, 6.07) is 12.6. The van der Waals surface area contributed by atoms with Crippen LogP contribution in [0.5, 0.6) is 5.75 Å². The lowest BCUT2D eigenvalue weighted by molar-refractivity contribution is -0.119. The Hall–Kier alpha value is -3.12. The SMILES string of the molecule is COCC(=O)Nc1cccc(NC(=O)/C=C/c2cc(C)ccc2OC)c1. The van der Waals surface area contributed by atoms with E-state index in [1.165, 1.54) is 13.2 Å². The maximum Gasteiger partial charge on any atom is 0.250 e. The summed E-state index contributed by atoms with van der Waals surface area (Å²) in [7, 11) is 3.04. The third kappa shape index (κ3) is 5.75. The fraction of sp³-hybridized carbons (Fsp3) is 0.200. The summed E-state index contributed by atoms with van der Waals surface area (Å²) in [6.07, 6.45) is 3.14. The molecule has 0 saturated carbocycles. The van der Waals surface area contributed by atoms with Crippen molar-refractivity contribution in [1.82, 2.24) is 0 Å². The number of methoxy groups -OCH3 is 2. The van der Waals surface area contributed by atoms with Gasteiger partial charge in [-0.05, 0) is 43.3 Å². The van der Waals surface area contributed by atoms with E-state index in [9.17, 15) is 9.59 Å². The molecule has 6 nitrogen and oxygen atoms in total. The third-order valence-corrected chi connectivity index (χ3v) is 3.49. The fourth-order valence-corrected chi connectivity index (χ4v) is 2.34. The molecule has 0 bridgehead atoms. The highest BCUT2D eigenvalue weighted by molar-refractivity contribution is 6.02. The van der Waals surface area contributed by atoms with E-state index in [0.717, 1.165) is 11.1 Å². The lowest BCUT2D eigenvalue weighted by Gasteiger charge is -2.08. The predicted octanol–water partition coefficient (Wildman–Crippen LogP) is 3.24. The number of carbonyl (C=O) groups excluding carboxylic acids is 2. The van der Waals surface area contributed by atoms with E-state index < -0.39 is 0 Å². The van der Waals surface area contributed by atoms with E-state index >= 15 is 0 Å². The van der Waals surface area contributed by atoms with Gasteiger partial charge < -0.3 is 20.1 Å². The Morgan fingerprint density at radius 1 is 1.04 bits per heavy atom. The van der Waals surface area contributed by atoms with Crippen molar-refractivity contribution in [1.29, 1.82) is 0 Å². The zero-order valence-corrected chi connectivity index (χ0v) is 15.0. The number of hydrogen-bond donors (Lipinski definition) is 2. The number of hydrogen-bond acceptors (Lipinski definition) is 4. The molecule has 0 aliphatic heterocycles. The molecule has 2 aromatic rings. The maximum atomic E-state index is 12.2. The van der Waals surface area contributed by atoms with Crippen LogP contribution in [0.4, 0.5) is 11.4 Å². The van der Waals surface area contributed by atoms with Crippen LogP contribution >= 0.6 is 0 Å².